The van der Waals surface area contributed by atoms with E-state index in [2.05, 4.69) is 21.2 Å². The first-order chi connectivity index (χ1) is 9.87. The van der Waals surface area contributed by atoms with E-state index in [1.165, 1.54) is 11.0 Å². The molecule has 0 saturated carbocycles. The fourth-order valence-corrected chi connectivity index (χ4v) is 3.02. The monoisotopic (exact) mass is 360 g/mol. The lowest BCUT2D eigenvalue weighted by atomic mass is 9.91. The van der Waals surface area contributed by atoms with Crippen molar-refractivity contribution in [3.8, 4) is 0 Å². The van der Waals surface area contributed by atoms with Gasteiger partial charge in [0, 0.05) is 5.56 Å². The Morgan fingerprint density at radius 2 is 1.86 bits per heavy atom. The van der Waals surface area contributed by atoms with Crippen molar-refractivity contribution in [3.05, 3.63) is 33.8 Å². The zero-order valence-electron chi connectivity index (χ0n) is 11.7. The molecule has 1 aromatic carbocycles. The highest BCUT2D eigenvalue weighted by Gasteiger charge is 2.50. The van der Waals surface area contributed by atoms with Crippen LogP contribution in [0.1, 0.15) is 32.3 Å². The van der Waals surface area contributed by atoms with Crippen LogP contribution >= 0.6 is 15.9 Å². The minimum absolute atomic E-state index is 0.114. The number of nitrogens with zero attached hydrogens (tertiary/aromatic N) is 1. The molecule has 0 aromatic heterocycles. The van der Waals surface area contributed by atoms with Gasteiger partial charge in [-0.2, -0.15) is 0 Å². The Kier molecular flexibility index (Phi) is 4.32. The first kappa shape index (κ1) is 15.9. The van der Waals surface area contributed by atoms with Gasteiger partial charge in [0.25, 0.3) is 5.91 Å². The molecule has 1 N–H and O–H groups in total. The summed E-state index contributed by atoms with van der Waals surface area (Å²) in [4.78, 5) is 25.2. The molecule has 1 aromatic rings. The van der Waals surface area contributed by atoms with E-state index in [4.69, 9.17) is 0 Å². The maximum absolute atomic E-state index is 14.1. The summed E-state index contributed by atoms with van der Waals surface area (Å²) in [6, 6.07) is 1.76. The number of nitrogens with one attached hydrogen (secondary N) is 1. The lowest BCUT2D eigenvalue weighted by molar-refractivity contribution is -0.127. The van der Waals surface area contributed by atoms with Gasteiger partial charge in [0.05, 0.1) is 11.0 Å². The van der Waals surface area contributed by atoms with Crippen LogP contribution in [0.2, 0.25) is 0 Å². The molecule has 0 atom stereocenters. The smallest absolute Gasteiger partial charge is 0.305 e. The summed E-state index contributed by atoms with van der Waals surface area (Å²) < 4.78 is 28.0. The highest BCUT2D eigenvalue weighted by molar-refractivity contribution is 9.10. The number of imide groups is 1. The van der Waals surface area contributed by atoms with Crippen LogP contribution < -0.4 is 5.32 Å². The first-order valence-corrected chi connectivity index (χ1v) is 7.42. The second kappa shape index (κ2) is 5.71. The van der Waals surface area contributed by atoms with Gasteiger partial charge in [-0.05, 0) is 40.9 Å². The first-order valence-electron chi connectivity index (χ1n) is 6.62. The molecule has 1 aliphatic heterocycles. The van der Waals surface area contributed by atoms with Crippen LogP contribution in [0.3, 0.4) is 0 Å². The van der Waals surface area contributed by atoms with Crippen molar-refractivity contribution in [2.45, 2.75) is 38.8 Å². The van der Waals surface area contributed by atoms with Crippen LogP contribution in [0.15, 0.2) is 16.6 Å². The fourth-order valence-electron chi connectivity index (χ4n) is 2.65. The molecule has 4 nitrogen and oxygen atoms in total. The molecule has 0 bridgehead atoms. The van der Waals surface area contributed by atoms with Crippen LogP contribution in [-0.2, 0) is 11.3 Å². The molecule has 3 amide bonds. The van der Waals surface area contributed by atoms with Crippen molar-refractivity contribution in [2.75, 3.05) is 0 Å². The van der Waals surface area contributed by atoms with Crippen molar-refractivity contribution < 1.29 is 18.4 Å². The molecule has 7 heteroatoms. The molecule has 0 spiro atoms. The number of rotatable bonds is 4. The third-order valence-electron chi connectivity index (χ3n) is 4.03. The number of hydrogen-bond donors (Lipinski definition) is 1. The molecule has 1 saturated heterocycles. The van der Waals surface area contributed by atoms with Crippen molar-refractivity contribution in [2.24, 2.45) is 0 Å². The summed E-state index contributed by atoms with van der Waals surface area (Å²) in [6.45, 7) is 3.24. The van der Waals surface area contributed by atoms with Crippen LogP contribution in [-0.4, -0.2) is 22.4 Å². The molecule has 1 heterocycles. The van der Waals surface area contributed by atoms with Gasteiger partial charge in [-0.3, -0.25) is 10.1 Å². The van der Waals surface area contributed by atoms with E-state index in [0.717, 1.165) is 6.07 Å². The van der Waals surface area contributed by atoms with Crippen LogP contribution in [0.5, 0.6) is 0 Å². The van der Waals surface area contributed by atoms with E-state index in [9.17, 15) is 18.4 Å². The maximum Gasteiger partial charge on any atom is 0.325 e. The zero-order valence-corrected chi connectivity index (χ0v) is 13.3. The summed E-state index contributed by atoms with van der Waals surface area (Å²) in [5.74, 6) is -1.93. The highest BCUT2D eigenvalue weighted by Crippen LogP contribution is 2.32. The third kappa shape index (κ3) is 2.43. The molecule has 2 rings (SSSR count). The summed E-state index contributed by atoms with van der Waals surface area (Å²) in [7, 11) is 0. The van der Waals surface area contributed by atoms with Crippen molar-refractivity contribution in [3.63, 3.8) is 0 Å². The lowest BCUT2D eigenvalue weighted by Crippen LogP contribution is -2.48. The number of urea groups is 1. The van der Waals surface area contributed by atoms with Crippen LogP contribution in [0.4, 0.5) is 13.6 Å². The average Bonchev–Trinajstić information content (AvgIpc) is 2.70. The predicted octanol–water partition coefficient (Wildman–Crippen LogP) is 3.34. The number of carbonyl (C=O) groups excluding carboxylic acids is 2. The Hall–Kier alpha value is -1.50. The summed E-state index contributed by atoms with van der Waals surface area (Å²) in [5.41, 5.74) is -1.29. The normalized spacial score (nSPS) is 17.3. The zero-order chi connectivity index (χ0) is 15.8. The molecule has 0 radical (unpaired) electrons. The number of amides is 3. The number of carbonyl (C=O) groups is 2. The summed E-state index contributed by atoms with van der Waals surface area (Å²) in [5, 5.41) is 2.22. The minimum Gasteiger partial charge on any atom is -0.305 e. The number of hydrogen-bond acceptors (Lipinski definition) is 2. The Bertz CT molecular complexity index is 603. The Labute approximate surface area is 129 Å². The van der Waals surface area contributed by atoms with Gasteiger partial charge >= 0.3 is 6.03 Å². The topological polar surface area (TPSA) is 49.4 Å². The SMILES string of the molecule is CCC1(CC)C(=O)NC(=O)N1Cc1c(F)ccc(Br)c1F. The summed E-state index contributed by atoms with van der Waals surface area (Å²) in [6.07, 6.45) is 0.747. The molecule has 1 fully saturated rings. The van der Waals surface area contributed by atoms with Gasteiger partial charge in [-0.15, -0.1) is 0 Å². The summed E-state index contributed by atoms with van der Waals surface area (Å²) >= 11 is 2.99. The average molecular weight is 361 g/mol. The van der Waals surface area contributed by atoms with Gasteiger partial charge in [0.2, 0.25) is 0 Å². The molecular weight excluding hydrogens is 346 g/mol. The van der Waals surface area contributed by atoms with E-state index in [0.29, 0.717) is 12.8 Å². The van der Waals surface area contributed by atoms with E-state index in [-0.39, 0.29) is 16.6 Å². The predicted molar refractivity (Wildman–Crippen MR) is 76.5 cm³/mol. The van der Waals surface area contributed by atoms with Crippen molar-refractivity contribution >= 4 is 27.9 Å². The third-order valence-corrected chi connectivity index (χ3v) is 4.64. The number of benzene rings is 1. The molecule has 21 heavy (non-hydrogen) atoms. The van der Waals surface area contributed by atoms with Crippen LogP contribution in [0.25, 0.3) is 0 Å². The Morgan fingerprint density at radius 1 is 1.24 bits per heavy atom. The standard InChI is InChI=1S/C14H15BrF2N2O2/c1-3-14(4-2)12(20)18-13(21)19(14)7-8-10(16)6-5-9(15)11(8)17/h5-6H,3-4,7H2,1-2H3,(H,18,20,21). The van der Waals surface area contributed by atoms with Gasteiger partial charge in [0.15, 0.2) is 0 Å². The second-order valence-corrected chi connectivity index (χ2v) is 5.76. The van der Waals surface area contributed by atoms with Crippen molar-refractivity contribution in [1.29, 1.82) is 0 Å². The largest absolute Gasteiger partial charge is 0.325 e. The molecule has 114 valence electrons. The van der Waals surface area contributed by atoms with E-state index in [1.807, 2.05) is 0 Å². The van der Waals surface area contributed by atoms with E-state index < -0.39 is 29.1 Å². The number of halogens is 3. The lowest BCUT2D eigenvalue weighted by Gasteiger charge is -2.33. The molecule has 0 unspecified atom stereocenters. The van der Waals surface area contributed by atoms with Gasteiger partial charge in [-0.1, -0.05) is 13.8 Å². The van der Waals surface area contributed by atoms with Crippen molar-refractivity contribution in [1.82, 2.24) is 10.2 Å². The second-order valence-electron chi connectivity index (χ2n) is 4.91. The minimum atomic E-state index is -1.06. The van der Waals surface area contributed by atoms with Gasteiger partial charge < -0.3 is 4.90 Å². The van der Waals surface area contributed by atoms with E-state index in [1.54, 1.807) is 13.8 Å². The van der Waals surface area contributed by atoms with E-state index >= 15 is 0 Å². The fraction of sp³-hybridized carbons (Fsp3) is 0.429. The van der Waals surface area contributed by atoms with Crippen LogP contribution in [0, 0.1) is 11.6 Å². The Morgan fingerprint density at radius 3 is 2.43 bits per heavy atom. The molecular formula is C14H15BrF2N2O2. The Balaban J connectivity index is 2.45. The maximum atomic E-state index is 14.1. The molecule has 0 aliphatic carbocycles. The van der Waals surface area contributed by atoms with Gasteiger partial charge in [0.1, 0.15) is 17.2 Å². The van der Waals surface area contributed by atoms with Gasteiger partial charge in [-0.25, -0.2) is 13.6 Å². The highest BCUT2D eigenvalue weighted by atomic mass is 79.9. The molecule has 1 aliphatic rings. The quantitative estimate of drug-likeness (QED) is 0.661.